The van der Waals surface area contributed by atoms with Crippen LogP contribution in [-0.2, 0) is 57.4 Å². The van der Waals surface area contributed by atoms with Crippen molar-refractivity contribution < 1.29 is 91.6 Å². The molecule has 2 aromatic carbocycles. The van der Waals surface area contributed by atoms with Gasteiger partial charge < -0.3 is 75.7 Å². The highest BCUT2D eigenvalue weighted by molar-refractivity contribution is 7.72. The zero-order chi connectivity index (χ0) is 54.6. The SMILES string of the molecule is CCCCC[C@@H]1NC(=O)[C@H](C(C)CC)NC(=O)c2cc(C(=O)NCCOCCOCCOCCC(=O)CCC(O)Cn3cc[n+](CC(O)(P(=O)(O)O)P(=O)(O)O)c3)ccc2NCc2ccc(C(=O)O)cc2NC1=O. The number of Topliss-reactive ketones (excluding diaryl/α,β-unsaturated/α-hetero) is 1. The molecule has 0 spiro atoms. The lowest BCUT2D eigenvalue weighted by Gasteiger charge is -2.28. The monoisotopic (exact) mass is 1080 g/mol. The molecule has 3 aromatic rings. The van der Waals surface area contributed by atoms with Crippen LogP contribution in [0.3, 0.4) is 0 Å². The number of carbonyl (C=O) groups excluding carboxylic acids is 5. The van der Waals surface area contributed by atoms with Crippen molar-refractivity contribution in [3.63, 3.8) is 0 Å². The fraction of sp³-hybridized carbons (Fsp3) is 0.553. The Morgan fingerprint density at radius 1 is 0.865 bits per heavy atom. The van der Waals surface area contributed by atoms with Gasteiger partial charge in [-0.1, -0.05) is 52.5 Å². The van der Waals surface area contributed by atoms with Crippen molar-refractivity contribution in [2.45, 2.75) is 115 Å². The van der Waals surface area contributed by atoms with Gasteiger partial charge in [-0.15, -0.1) is 0 Å². The summed E-state index contributed by atoms with van der Waals surface area (Å²) in [6, 6.07) is 6.73. The van der Waals surface area contributed by atoms with E-state index in [0.29, 0.717) is 30.5 Å². The Kier molecular flexibility index (Phi) is 24.0. The van der Waals surface area contributed by atoms with Gasteiger partial charge in [-0.25, -0.2) is 13.9 Å². The second kappa shape index (κ2) is 29.0. The maximum absolute atomic E-state index is 14.1. The summed E-state index contributed by atoms with van der Waals surface area (Å²) >= 11 is 0. The quantitative estimate of drug-likeness (QED) is 0.0268. The van der Waals surface area contributed by atoms with E-state index in [1.807, 2.05) is 13.8 Å². The number of unbranched alkanes of at least 4 members (excludes halogenated alkanes) is 2. The number of ether oxygens (including phenoxy) is 3. The molecule has 12 N–H and O–H groups in total. The Balaban J connectivity index is 1.20. The van der Waals surface area contributed by atoms with Crippen molar-refractivity contribution in [1.82, 2.24) is 20.5 Å². The molecule has 74 heavy (non-hydrogen) atoms. The number of nitrogens with zero attached hydrogens (tertiary/aromatic N) is 2. The van der Waals surface area contributed by atoms with Crippen molar-refractivity contribution in [2.75, 3.05) is 56.8 Å². The standard InChI is InChI=1S/C47H69N7O18P2/c1-4-6-7-8-39-44(59)51-40-26-33(46(61)62)9-10-34(40)27-49-38-14-11-32(25-37(38)43(58)52-41(31(3)5-2)45(60)50-39)42(57)48-16-20-71-22-24-72-23-21-70-19-15-35(55)12-13-36(56)28-53-17-18-54(30-53)29-47(63,73(64,65)66)74(67,68)69/h9-11,14,17-18,25-26,30-31,36,39,41,56,63H,4-8,12-13,15-16,19-24,27-29H2,1-3H3,(H9-,48,49,50,51,52,57,58,59,60,61,62,64,65,66,67,68,69)/p+1/t31?,36?,39-,41-/m0/s1. The van der Waals surface area contributed by atoms with Crippen LogP contribution in [0.15, 0.2) is 55.1 Å². The van der Waals surface area contributed by atoms with Crippen LogP contribution >= 0.6 is 15.2 Å². The molecule has 0 fully saturated rings. The number of carboxylic acids is 1. The van der Waals surface area contributed by atoms with Gasteiger partial charge in [-0.05, 0) is 54.7 Å². The third-order valence-corrected chi connectivity index (χ3v) is 15.9. The molecule has 25 nitrogen and oxygen atoms in total. The molecule has 4 rings (SSSR count). The molecule has 0 aliphatic carbocycles. The zero-order valence-corrected chi connectivity index (χ0v) is 43.4. The molecule has 0 saturated carbocycles. The molecule has 0 radical (unpaired) electrons. The molecule has 4 atom stereocenters. The average Bonchev–Trinajstić information content (AvgIpc) is 3.78. The van der Waals surface area contributed by atoms with E-state index < -0.39 is 74.6 Å². The maximum atomic E-state index is 14.1. The smallest absolute Gasteiger partial charge is 0.373 e. The molecule has 27 heteroatoms. The number of aliphatic hydroxyl groups is 2. The Hall–Kier alpha value is -5.43. The van der Waals surface area contributed by atoms with Crippen LogP contribution in [0.25, 0.3) is 0 Å². The van der Waals surface area contributed by atoms with E-state index in [2.05, 4.69) is 26.6 Å². The van der Waals surface area contributed by atoms with Crippen molar-refractivity contribution in [3.8, 4) is 0 Å². The number of hydrogen-bond acceptors (Lipinski definition) is 14. The Morgan fingerprint density at radius 3 is 2.18 bits per heavy atom. The van der Waals surface area contributed by atoms with E-state index in [0.717, 1.165) is 17.4 Å². The first-order chi connectivity index (χ1) is 35.0. The number of anilines is 2. The van der Waals surface area contributed by atoms with E-state index in [4.69, 9.17) is 14.2 Å². The van der Waals surface area contributed by atoms with Crippen molar-refractivity contribution >= 4 is 61.9 Å². The van der Waals surface area contributed by atoms with Gasteiger partial charge in [0.1, 0.15) is 43.4 Å². The van der Waals surface area contributed by atoms with Crippen LogP contribution < -0.4 is 31.2 Å². The maximum Gasteiger partial charge on any atom is 0.373 e. The highest BCUT2D eigenvalue weighted by atomic mass is 31.2. The molecule has 1 aromatic heterocycles. The largest absolute Gasteiger partial charge is 0.478 e. The second-order valence-corrected chi connectivity index (χ2v) is 21.9. The number of aromatic carboxylic acids is 1. The number of hydrogen-bond donors (Lipinski definition) is 12. The number of rotatable bonds is 29. The number of ketones is 1. The number of carbonyl (C=O) groups is 6. The minimum absolute atomic E-state index is 0.0259. The Labute approximate surface area is 428 Å². The van der Waals surface area contributed by atoms with Crippen LogP contribution in [0.4, 0.5) is 11.4 Å². The number of nitrogens with one attached hydrogen (secondary N) is 5. The number of amides is 4. The van der Waals surface area contributed by atoms with Gasteiger partial charge in [0.05, 0.1) is 56.9 Å². The fourth-order valence-electron chi connectivity index (χ4n) is 7.56. The molecule has 1 aliphatic rings. The van der Waals surface area contributed by atoms with Gasteiger partial charge in [0.25, 0.3) is 11.8 Å². The first-order valence-corrected chi connectivity index (χ1v) is 27.5. The molecule has 410 valence electrons. The summed E-state index contributed by atoms with van der Waals surface area (Å²) in [5.74, 6) is -3.95. The number of aromatic nitrogens is 2. The zero-order valence-electron chi connectivity index (χ0n) is 41.6. The third kappa shape index (κ3) is 18.4. The number of aliphatic hydroxyl groups excluding tert-OH is 1. The summed E-state index contributed by atoms with van der Waals surface area (Å²) in [5.41, 5.74) is 1.19. The third-order valence-electron chi connectivity index (χ3n) is 12.2. The number of imidazole rings is 1. The molecule has 0 saturated heterocycles. The van der Waals surface area contributed by atoms with Crippen LogP contribution in [-0.4, -0.2) is 144 Å². The first kappa shape index (κ1) is 61.1. The molecule has 1 aliphatic heterocycles. The van der Waals surface area contributed by atoms with Gasteiger partial charge in [0, 0.05) is 42.9 Å². The van der Waals surface area contributed by atoms with Crippen molar-refractivity contribution in [1.29, 1.82) is 0 Å². The Morgan fingerprint density at radius 2 is 1.53 bits per heavy atom. The summed E-state index contributed by atoms with van der Waals surface area (Å²) in [7, 11) is -11.3. The fourth-order valence-corrected chi connectivity index (χ4v) is 9.61. The van der Waals surface area contributed by atoms with E-state index in [9.17, 15) is 72.8 Å². The van der Waals surface area contributed by atoms with Gasteiger partial charge in [-0.2, -0.15) is 0 Å². The van der Waals surface area contributed by atoms with Crippen molar-refractivity contribution in [2.24, 2.45) is 5.92 Å². The predicted molar refractivity (Wildman–Crippen MR) is 266 cm³/mol. The molecular weight excluding hydrogens is 1010 g/mol. The summed E-state index contributed by atoms with van der Waals surface area (Å²) in [6.07, 6.45) is 6.04. The van der Waals surface area contributed by atoms with E-state index in [1.54, 1.807) is 19.1 Å². The summed E-state index contributed by atoms with van der Waals surface area (Å²) in [6.45, 7) is 5.72. The van der Waals surface area contributed by atoms with Crippen LogP contribution in [0.2, 0.25) is 0 Å². The second-order valence-electron chi connectivity index (χ2n) is 17.9. The highest BCUT2D eigenvalue weighted by Gasteiger charge is 2.61. The van der Waals surface area contributed by atoms with Gasteiger partial charge in [0.2, 0.25) is 18.1 Å². The summed E-state index contributed by atoms with van der Waals surface area (Å²) < 4.78 is 42.1. The van der Waals surface area contributed by atoms with Gasteiger partial charge >= 0.3 is 26.2 Å². The lowest BCUT2D eigenvalue weighted by Crippen LogP contribution is -2.55. The lowest BCUT2D eigenvalue weighted by atomic mass is 9.96. The van der Waals surface area contributed by atoms with Crippen LogP contribution in [0, 0.1) is 5.92 Å². The molecule has 2 heterocycles. The van der Waals surface area contributed by atoms with Crippen molar-refractivity contribution in [3.05, 3.63) is 77.4 Å². The number of benzene rings is 2. The van der Waals surface area contributed by atoms with E-state index in [-0.39, 0.29) is 113 Å². The minimum atomic E-state index is -5.66. The average molecular weight is 1080 g/mol. The predicted octanol–water partition coefficient (Wildman–Crippen LogP) is 1.83. The normalized spacial score (nSPS) is 16.6. The minimum Gasteiger partial charge on any atom is -0.478 e. The molecular formula is C47H70N7O18P2+. The Bertz CT molecular complexity index is 2470. The molecule has 0 bridgehead atoms. The van der Waals surface area contributed by atoms with E-state index >= 15 is 0 Å². The first-order valence-electron chi connectivity index (χ1n) is 24.2. The number of carboxylic acid groups (broad SMARTS) is 1. The topological polar surface area (TPSA) is 375 Å². The molecule has 4 amide bonds. The van der Waals surface area contributed by atoms with E-state index in [1.165, 1.54) is 47.6 Å². The lowest BCUT2D eigenvalue weighted by molar-refractivity contribution is -0.703. The molecule has 2 unspecified atom stereocenters. The van der Waals surface area contributed by atoms with Gasteiger partial charge in [-0.3, -0.25) is 33.1 Å². The summed E-state index contributed by atoms with van der Waals surface area (Å²) in [4.78, 5) is 117. The summed E-state index contributed by atoms with van der Waals surface area (Å²) in [5, 5.41) is 41.0. The van der Waals surface area contributed by atoms with Gasteiger partial charge in [0.15, 0.2) is 0 Å². The number of fused-ring (bicyclic) bond motifs is 2. The van der Waals surface area contributed by atoms with Crippen LogP contribution in [0.1, 0.15) is 109 Å². The highest BCUT2D eigenvalue weighted by Crippen LogP contribution is 2.67. The van der Waals surface area contributed by atoms with Crippen LogP contribution in [0.5, 0.6) is 0 Å².